The first-order chi connectivity index (χ1) is 11.4. The highest BCUT2D eigenvalue weighted by Crippen LogP contribution is 2.11. The minimum atomic E-state index is -0.315. The van der Waals surface area contributed by atoms with Gasteiger partial charge in [0.1, 0.15) is 0 Å². The van der Waals surface area contributed by atoms with Crippen molar-refractivity contribution >= 4 is 29.2 Å². The zero-order valence-electron chi connectivity index (χ0n) is 13.6. The Balaban J connectivity index is 1.85. The van der Waals surface area contributed by atoms with E-state index in [0.29, 0.717) is 22.8 Å². The topological polar surface area (TPSA) is 70.2 Å². The number of anilines is 1. The summed E-state index contributed by atoms with van der Waals surface area (Å²) in [6.07, 6.45) is 0. The molecule has 0 aliphatic carbocycles. The number of rotatable bonds is 5. The van der Waals surface area contributed by atoms with Gasteiger partial charge in [0.25, 0.3) is 5.91 Å². The van der Waals surface area contributed by atoms with Crippen LogP contribution in [-0.4, -0.2) is 18.0 Å². The van der Waals surface area contributed by atoms with Crippen molar-refractivity contribution in [3.05, 3.63) is 64.7 Å². The van der Waals surface area contributed by atoms with Crippen molar-refractivity contribution in [1.82, 2.24) is 10.6 Å². The van der Waals surface area contributed by atoms with Crippen LogP contribution in [0.5, 0.6) is 0 Å². The summed E-state index contributed by atoms with van der Waals surface area (Å²) in [4.78, 5) is 23.7. The van der Waals surface area contributed by atoms with Crippen molar-refractivity contribution in [3.8, 4) is 0 Å². The van der Waals surface area contributed by atoms with Crippen molar-refractivity contribution in [3.63, 3.8) is 0 Å². The number of amides is 3. The van der Waals surface area contributed by atoms with Gasteiger partial charge in [-0.05, 0) is 55.8 Å². The minimum absolute atomic E-state index is 0.0777. The molecule has 5 nitrogen and oxygen atoms in total. The molecular weight excluding hydrogens is 326 g/mol. The SMILES string of the molecule is CC(C)NC(=O)c1ccc(NC(=O)NCc2ccc(Cl)cc2)cc1. The van der Waals surface area contributed by atoms with E-state index in [0.717, 1.165) is 5.56 Å². The molecule has 2 aromatic carbocycles. The van der Waals surface area contributed by atoms with E-state index in [-0.39, 0.29) is 18.0 Å². The van der Waals surface area contributed by atoms with Crippen LogP contribution in [0.25, 0.3) is 0 Å². The summed E-state index contributed by atoms with van der Waals surface area (Å²) in [7, 11) is 0. The minimum Gasteiger partial charge on any atom is -0.350 e. The molecule has 0 atom stereocenters. The normalized spacial score (nSPS) is 10.3. The first-order valence-electron chi connectivity index (χ1n) is 7.64. The molecule has 0 radical (unpaired) electrons. The number of hydrogen-bond donors (Lipinski definition) is 3. The molecule has 0 aromatic heterocycles. The molecule has 0 saturated heterocycles. The molecule has 0 unspecified atom stereocenters. The number of carbonyl (C=O) groups is 2. The fraction of sp³-hybridized carbons (Fsp3) is 0.222. The third-order valence-electron chi connectivity index (χ3n) is 3.19. The van der Waals surface area contributed by atoms with Gasteiger partial charge in [-0.1, -0.05) is 23.7 Å². The van der Waals surface area contributed by atoms with Gasteiger partial charge in [-0.15, -0.1) is 0 Å². The molecule has 3 amide bonds. The van der Waals surface area contributed by atoms with E-state index in [1.165, 1.54) is 0 Å². The van der Waals surface area contributed by atoms with Gasteiger partial charge in [0.2, 0.25) is 0 Å². The summed E-state index contributed by atoms with van der Waals surface area (Å²) in [6.45, 7) is 4.20. The number of nitrogens with one attached hydrogen (secondary N) is 3. The fourth-order valence-corrected chi connectivity index (χ4v) is 2.14. The molecule has 0 fully saturated rings. The van der Waals surface area contributed by atoms with E-state index < -0.39 is 0 Å². The highest BCUT2D eigenvalue weighted by Gasteiger charge is 2.07. The summed E-state index contributed by atoms with van der Waals surface area (Å²) in [5.74, 6) is -0.135. The zero-order chi connectivity index (χ0) is 17.5. The van der Waals surface area contributed by atoms with E-state index in [9.17, 15) is 9.59 Å². The van der Waals surface area contributed by atoms with Crippen LogP contribution in [0.1, 0.15) is 29.8 Å². The van der Waals surface area contributed by atoms with Crippen LogP contribution in [0.2, 0.25) is 5.02 Å². The molecule has 0 heterocycles. The van der Waals surface area contributed by atoms with Gasteiger partial charge in [-0.25, -0.2) is 4.79 Å². The monoisotopic (exact) mass is 345 g/mol. The van der Waals surface area contributed by atoms with Gasteiger partial charge in [0, 0.05) is 28.9 Å². The lowest BCUT2D eigenvalue weighted by atomic mass is 10.2. The Kier molecular flexibility index (Phi) is 6.21. The standard InChI is InChI=1S/C18H20ClN3O2/c1-12(2)21-17(23)14-5-9-16(10-6-14)22-18(24)20-11-13-3-7-15(19)8-4-13/h3-10,12H,11H2,1-2H3,(H,21,23)(H2,20,22,24). The Labute approximate surface area is 146 Å². The Morgan fingerprint density at radius 2 is 1.62 bits per heavy atom. The van der Waals surface area contributed by atoms with Crippen LogP contribution < -0.4 is 16.0 Å². The van der Waals surface area contributed by atoms with E-state index in [4.69, 9.17) is 11.6 Å². The highest BCUT2D eigenvalue weighted by molar-refractivity contribution is 6.30. The number of carbonyl (C=O) groups excluding carboxylic acids is 2. The molecule has 0 spiro atoms. The van der Waals surface area contributed by atoms with E-state index in [1.807, 2.05) is 26.0 Å². The highest BCUT2D eigenvalue weighted by atomic mass is 35.5. The average Bonchev–Trinajstić information content (AvgIpc) is 2.54. The van der Waals surface area contributed by atoms with Gasteiger partial charge >= 0.3 is 6.03 Å². The molecule has 0 aliphatic heterocycles. The quantitative estimate of drug-likeness (QED) is 0.771. The molecule has 0 saturated carbocycles. The van der Waals surface area contributed by atoms with Gasteiger partial charge in [0.15, 0.2) is 0 Å². The molecule has 3 N–H and O–H groups in total. The molecule has 2 aromatic rings. The third-order valence-corrected chi connectivity index (χ3v) is 3.44. The predicted octanol–water partition coefficient (Wildman–Crippen LogP) is 3.80. The Bertz CT molecular complexity index is 697. The Morgan fingerprint density at radius 3 is 2.21 bits per heavy atom. The molecule has 24 heavy (non-hydrogen) atoms. The van der Waals surface area contributed by atoms with Crippen LogP contribution in [-0.2, 0) is 6.54 Å². The van der Waals surface area contributed by atoms with E-state index in [1.54, 1.807) is 36.4 Å². The summed E-state index contributed by atoms with van der Waals surface area (Å²) in [5.41, 5.74) is 2.12. The van der Waals surface area contributed by atoms with Crippen molar-refractivity contribution in [2.75, 3.05) is 5.32 Å². The lowest BCUT2D eigenvalue weighted by molar-refractivity contribution is 0.0943. The smallest absolute Gasteiger partial charge is 0.319 e. The maximum Gasteiger partial charge on any atom is 0.319 e. The maximum atomic E-state index is 11.9. The summed E-state index contributed by atoms with van der Waals surface area (Å²) >= 11 is 5.82. The van der Waals surface area contributed by atoms with E-state index in [2.05, 4.69) is 16.0 Å². The van der Waals surface area contributed by atoms with Crippen LogP contribution in [0.3, 0.4) is 0 Å². The van der Waals surface area contributed by atoms with Gasteiger partial charge in [0.05, 0.1) is 0 Å². The van der Waals surface area contributed by atoms with Crippen molar-refractivity contribution in [2.24, 2.45) is 0 Å². The van der Waals surface area contributed by atoms with Gasteiger partial charge in [-0.3, -0.25) is 4.79 Å². The van der Waals surface area contributed by atoms with Crippen molar-refractivity contribution < 1.29 is 9.59 Å². The van der Waals surface area contributed by atoms with Gasteiger partial charge < -0.3 is 16.0 Å². The van der Waals surface area contributed by atoms with Crippen LogP contribution >= 0.6 is 11.6 Å². The molecule has 2 rings (SSSR count). The van der Waals surface area contributed by atoms with Crippen LogP contribution in [0.4, 0.5) is 10.5 Å². The first-order valence-corrected chi connectivity index (χ1v) is 8.02. The summed E-state index contributed by atoms with van der Waals surface area (Å²) < 4.78 is 0. The number of urea groups is 1. The predicted molar refractivity (Wildman–Crippen MR) is 96.4 cm³/mol. The second-order valence-electron chi connectivity index (χ2n) is 5.64. The molecule has 0 bridgehead atoms. The Morgan fingerprint density at radius 1 is 1.00 bits per heavy atom. The van der Waals surface area contributed by atoms with E-state index >= 15 is 0 Å². The van der Waals surface area contributed by atoms with Crippen molar-refractivity contribution in [2.45, 2.75) is 26.4 Å². The lowest BCUT2D eigenvalue weighted by Gasteiger charge is -2.10. The van der Waals surface area contributed by atoms with Gasteiger partial charge in [-0.2, -0.15) is 0 Å². The zero-order valence-corrected chi connectivity index (χ0v) is 14.4. The summed E-state index contributed by atoms with van der Waals surface area (Å²) in [5, 5.41) is 8.95. The second-order valence-corrected chi connectivity index (χ2v) is 6.08. The number of halogens is 1. The number of benzene rings is 2. The van der Waals surface area contributed by atoms with Crippen LogP contribution in [0, 0.1) is 0 Å². The maximum absolute atomic E-state index is 11.9. The number of hydrogen-bond acceptors (Lipinski definition) is 2. The molecule has 126 valence electrons. The largest absolute Gasteiger partial charge is 0.350 e. The van der Waals surface area contributed by atoms with Crippen molar-refractivity contribution in [1.29, 1.82) is 0 Å². The lowest BCUT2D eigenvalue weighted by Crippen LogP contribution is -2.30. The Hall–Kier alpha value is -2.53. The third kappa shape index (κ3) is 5.59. The molecule has 0 aliphatic rings. The summed E-state index contributed by atoms with van der Waals surface area (Å²) in [6, 6.07) is 13.7. The average molecular weight is 346 g/mol. The fourth-order valence-electron chi connectivity index (χ4n) is 2.01. The second kappa shape index (κ2) is 8.36. The first kappa shape index (κ1) is 17.8. The molecular formula is C18H20ClN3O2. The molecule has 6 heteroatoms. The van der Waals surface area contributed by atoms with Crippen LogP contribution in [0.15, 0.2) is 48.5 Å².